The summed E-state index contributed by atoms with van der Waals surface area (Å²) >= 11 is 0. The van der Waals surface area contributed by atoms with Crippen LogP contribution in [0, 0.1) is 5.41 Å². The average molecular weight is 667 g/mol. The van der Waals surface area contributed by atoms with Crippen LogP contribution in [-0.2, 0) is 40.6 Å². The largest absolute Gasteiger partial charge is 0.489 e. The predicted octanol–water partition coefficient (Wildman–Crippen LogP) is 9.26. The third-order valence-electron chi connectivity index (χ3n) is 9.31. The van der Waals surface area contributed by atoms with Gasteiger partial charge >= 0.3 is 0 Å². The van der Waals surface area contributed by atoms with E-state index in [0.717, 1.165) is 27.8 Å². The number of hydrogen-bond acceptors (Lipinski definition) is 6. The minimum atomic E-state index is -0.807. The molecule has 6 heteroatoms. The van der Waals surface area contributed by atoms with Gasteiger partial charge in [-0.2, -0.15) is 0 Å². The summed E-state index contributed by atoms with van der Waals surface area (Å²) in [6, 6.07) is 46.0. The Morgan fingerprint density at radius 3 is 1.68 bits per heavy atom. The van der Waals surface area contributed by atoms with Gasteiger partial charge in [-0.05, 0) is 59.4 Å². The highest BCUT2D eigenvalue weighted by atomic mass is 16.5. The molecular weight excluding hydrogens is 624 g/mol. The van der Waals surface area contributed by atoms with Gasteiger partial charge in [0.25, 0.3) is 0 Å². The molecule has 4 atom stereocenters. The second-order valence-corrected chi connectivity index (χ2v) is 13.1. The molecule has 50 heavy (non-hydrogen) atoms. The summed E-state index contributed by atoms with van der Waals surface area (Å²) in [5.41, 5.74) is 4.41. The highest BCUT2D eigenvalue weighted by Gasteiger charge is 2.50. The van der Waals surface area contributed by atoms with Gasteiger partial charge in [-0.3, -0.25) is 0 Å². The maximum absolute atomic E-state index is 11.7. The molecule has 1 aliphatic heterocycles. The predicted molar refractivity (Wildman–Crippen MR) is 193 cm³/mol. The van der Waals surface area contributed by atoms with Crippen LogP contribution in [0.5, 0.6) is 11.5 Å². The molecule has 1 saturated heterocycles. The maximum atomic E-state index is 11.7. The van der Waals surface area contributed by atoms with Crippen LogP contribution in [0.15, 0.2) is 163 Å². The van der Waals surface area contributed by atoms with Crippen LogP contribution in [0.2, 0.25) is 0 Å². The van der Waals surface area contributed by atoms with Crippen molar-refractivity contribution in [3.8, 4) is 11.5 Å². The van der Waals surface area contributed by atoms with E-state index in [2.05, 4.69) is 6.92 Å². The Morgan fingerprint density at radius 2 is 1.12 bits per heavy atom. The molecule has 0 spiro atoms. The number of ether oxygens (including phenoxy) is 5. The number of aliphatic hydroxyl groups is 1. The highest BCUT2D eigenvalue weighted by Crippen LogP contribution is 2.51. The lowest BCUT2D eigenvalue weighted by Crippen LogP contribution is -2.46. The standard InChI is InChI=1S/C44H42O6/c1-44-27-38(45)43(36-22-23-39(47-29-33-16-8-3-9-17-33)40(24-36)48-30-34-18-10-4-11-19-34)50-42(44)26-37(46-28-32-14-6-2-7-15-32)25-41(44)49-31-35-20-12-5-13-21-35/h2-26,38,41,43,45H,27-31H2,1H3/t38-,41?,43-,44?/m1/s1. The normalized spacial score (nSPS) is 21.2. The van der Waals surface area contributed by atoms with Crippen LogP contribution in [-0.4, -0.2) is 17.3 Å². The van der Waals surface area contributed by atoms with Gasteiger partial charge in [0, 0.05) is 6.08 Å². The number of fused-ring (bicyclic) bond motifs is 1. The molecule has 1 N–H and O–H groups in total. The van der Waals surface area contributed by atoms with E-state index in [9.17, 15) is 5.11 Å². The minimum Gasteiger partial charge on any atom is -0.489 e. The Bertz CT molecular complexity index is 1890. The van der Waals surface area contributed by atoms with Gasteiger partial charge in [-0.25, -0.2) is 0 Å². The second kappa shape index (κ2) is 15.5. The minimum absolute atomic E-state index is 0.372. The summed E-state index contributed by atoms with van der Waals surface area (Å²) in [6.07, 6.45) is 2.56. The summed E-state index contributed by atoms with van der Waals surface area (Å²) in [5, 5.41) is 11.7. The maximum Gasteiger partial charge on any atom is 0.162 e. The average Bonchev–Trinajstić information content (AvgIpc) is 3.16. The molecule has 0 amide bonds. The van der Waals surface area contributed by atoms with Crippen LogP contribution in [0.3, 0.4) is 0 Å². The Morgan fingerprint density at radius 1 is 0.620 bits per heavy atom. The first-order valence-electron chi connectivity index (χ1n) is 17.1. The Hall–Kier alpha value is -5.30. The van der Waals surface area contributed by atoms with Gasteiger partial charge in [0.2, 0.25) is 0 Å². The van der Waals surface area contributed by atoms with Crippen LogP contribution in [0.1, 0.15) is 47.3 Å². The first-order chi connectivity index (χ1) is 24.5. The smallest absolute Gasteiger partial charge is 0.162 e. The van der Waals surface area contributed by atoms with E-state index >= 15 is 0 Å². The molecule has 0 aromatic heterocycles. The number of allylic oxidation sites excluding steroid dienone is 1. The molecule has 2 unspecified atom stereocenters. The van der Waals surface area contributed by atoms with Gasteiger partial charge in [0.1, 0.15) is 37.4 Å². The summed E-state index contributed by atoms with van der Waals surface area (Å²) < 4.78 is 32.2. The zero-order valence-electron chi connectivity index (χ0n) is 28.2. The third-order valence-corrected chi connectivity index (χ3v) is 9.31. The van der Waals surface area contributed by atoms with Crippen molar-refractivity contribution in [1.82, 2.24) is 0 Å². The van der Waals surface area contributed by atoms with Crippen molar-refractivity contribution >= 4 is 0 Å². The van der Waals surface area contributed by atoms with Crippen molar-refractivity contribution in [1.29, 1.82) is 0 Å². The van der Waals surface area contributed by atoms with Crippen molar-refractivity contribution in [2.45, 2.75) is 58.1 Å². The van der Waals surface area contributed by atoms with E-state index in [1.807, 2.05) is 152 Å². The van der Waals surface area contributed by atoms with Crippen molar-refractivity contribution in [3.63, 3.8) is 0 Å². The van der Waals surface area contributed by atoms with E-state index in [0.29, 0.717) is 55.9 Å². The SMILES string of the molecule is CC12C[C@@H](O)[C@@H](c3ccc(OCc4ccccc4)c(OCc4ccccc4)c3)OC1=CC(OCc1ccccc1)=CC2OCc1ccccc1. The Balaban J connectivity index is 1.15. The van der Waals surface area contributed by atoms with Crippen LogP contribution >= 0.6 is 0 Å². The molecule has 6 nitrogen and oxygen atoms in total. The molecule has 0 saturated carbocycles. The number of aliphatic hydroxyl groups excluding tert-OH is 1. The van der Waals surface area contributed by atoms with E-state index in [1.165, 1.54) is 0 Å². The molecular formula is C44H42O6. The monoisotopic (exact) mass is 666 g/mol. The van der Waals surface area contributed by atoms with Crippen LogP contribution < -0.4 is 9.47 Å². The van der Waals surface area contributed by atoms with Gasteiger partial charge < -0.3 is 28.8 Å². The third kappa shape index (κ3) is 7.94. The first-order valence-corrected chi connectivity index (χ1v) is 17.1. The van der Waals surface area contributed by atoms with Gasteiger partial charge in [0.05, 0.1) is 24.2 Å². The van der Waals surface area contributed by atoms with Gasteiger partial charge in [-0.1, -0.05) is 127 Å². The van der Waals surface area contributed by atoms with E-state index in [1.54, 1.807) is 0 Å². The lowest BCUT2D eigenvalue weighted by Gasteiger charge is -2.47. The molecule has 5 aromatic rings. The molecule has 2 aliphatic rings. The molecule has 1 fully saturated rings. The van der Waals surface area contributed by atoms with Gasteiger partial charge in [0.15, 0.2) is 11.5 Å². The van der Waals surface area contributed by atoms with Crippen molar-refractivity contribution in [2.75, 3.05) is 0 Å². The molecule has 1 heterocycles. The summed E-state index contributed by atoms with van der Waals surface area (Å²) in [5.74, 6) is 2.59. The van der Waals surface area contributed by atoms with E-state index in [-0.39, 0.29) is 6.10 Å². The molecule has 254 valence electrons. The summed E-state index contributed by atoms with van der Waals surface area (Å²) in [4.78, 5) is 0. The molecule has 1 aliphatic carbocycles. The lowest BCUT2D eigenvalue weighted by atomic mass is 9.71. The Labute approximate surface area is 294 Å². The lowest BCUT2D eigenvalue weighted by molar-refractivity contribution is -0.128. The quantitative estimate of drug-likeness (QED) is 0.135. The zero-order valence-corrected chi connectivity index (χ0v) is 28.2. The van der Waals surface area contributed by atoms with Crippen molar-refractivity contribution < 1.29 is 28.8 Å². The first kappa shape index (κ1) is 33.2. The summed E-state index contributed by atoms with van der Waals surface area (Å²) in [7, 11) is 0. The topological polar surface area (TPSA) is 66.4 Å². The fourth-order valence-electron chi connectivity index (χ4n) is 6.48. The fraction of sp³-hybridized carbons (Fsp3) is 0.227. The molecule has 7 rings (SSSR count). The molecule has 0 bridgehead atoms. The fourth-order valence-corrected chi connectivity index (χ4v) is 6.48. The van der Waals surface area contributed by atoms with Crippen LogP contribution in [0.4, 0.5) is 0 Å². The number of benzene rings is 5. The number of hydrogen-bond donors (Lipinski definition) is 1. The van der Waals surface area contributed by atoms with E-state index < -0.39 is 17.6 Å². The zero-order chi connectivity index (χ0) is 34.2. The van der Waals surface area contributed by atoms with Gasteiger partial charge in [-0.15, -0.1) is 0 Å². The summed E-state index contributed by atoms with van der Waals surface area (Å²) in [6.45, 7) is 3.70. The van der Waals surface area contributed by atoms with E-state index in [4.69, 9.17) is 23.7 Å². The van der Waals surface area contributed by atoms with Crippen molar-refractivity contribution in [2.24, 2.45) is 5.41 Å². The highest BCUT2D eigenvalue weighted by molar-refractivity contribution is 5.45. The molecule has 0 radical (unpaired) electrons. The van der Waals surface area contributed by atoms with Crippen molar-refractivity contribution in [3.05, 3.63) is 191 Å². The van der Waals surface area contributed by atoms with Crippen LogP contribution in [0.25, 0.3) is 0 Å². The Kier molecular flexibility index (Phi) is 10.3. The number of rotatable bonds is 13. The molecule has 5 aromatic carbocycles. The second-order valence-electron chi connectivity index (χ2n) is 13.1.